The number of ether oxygens (including phenoxy) is 1. The predicted octanol–water partition coefficient (Wildman–Crippen LogP) is 5.70. The maximum absolute atomic E-state index is 13.7. The summed E-state index contributed by atoms with van der Waals surface area (Å²) in [4.78, 5) is 16.5. The maximum atomic E-state index is 13.7. The number of aromatic nitrogens is 4. The number of methoxy groups -OCH3 is 1. The molecule has 5 aromatic rings. The molecule has 0 bridgehead atoms. The summed E-state index contributed by atoms with van der Waals surface area (Å²) in [6.07, 6.45) is 3.40. The molecule has 0 saturated carbocycles. The first-order valence-corrected chi connectivity index (χ1v) is 12.8. The fraction of sp³-hybridized carbons (Fsp3) is 0.103. The molecule has 38 heavy (non-hydrogen) atoms. The van der Waals surface area contributed by atoms with Crippen LogP contribution < -0.4 is 10.1 Å². The molecule has 0 unspecified atom stereocenters. The van der Waals surface area contributed by atoms with E-state index >= 15 is 0 Å². The molecule has 0 spiro atoms. The molecular weight excluding hydrogens is 501 g/mol. The first kappa shape index (κ1) is 25.2. The van der Waals surface area contributed by atoms with Gasteiger partial charge in [-0.25, -0.2) is 4.39 Å². The number of hydrogen-bond acceptors (Lipinski definition) is 6. The van der Waals surface area contributed by atoms with Gasteiger partial charge < -0.3 is 10.1 Å². The van der Waals surface area contributed by atoms with Crippen molar-refractivity contribution in [2.45, 2.75) is 17.5 Å². The van der Waals surface area contributed by atoms with Crippen molar-refractivity contribution in [3.8, 4) is 22.8 Å². The summed E-state index contributed by atoms with van der Waals surface area (Å²) in [6, 6.07) is 25.0. The van der Waals surface area contributed by atoms with E-state index in [0.29, 0.717) is 34.6 Å². The summed E-state index contributed by atoms with van der Waals surface area (Å²) < 4.78 is 20.9. The van der Waals surface area contributed by atoms with E-state index in [1.54, 1.807) is 31.6 Å². The van der Waals surface area contributed by atoms with E-state index in [0.717, 1.165) is 22.4 Å². The Balaban J connectivity index is 1.32. The second-order valence-corrected chi connectivity index (χ2v) is 9.32. The van der Waals surface area contributed by atoms with Crippen molar-refractivity contribution in [2.75, 3.05) is 7.11 Å². The number of hydrogen-bond donors (Lipinski definition) is 1. The summed E-state index contributed by atoms with van der Waals surface area (Å²) in [5.74, 6) is 1.48. The van der Waals surface area contributed by atoms with Crippen molar-refractivity contribution in [3.63, 3.8) is 0 Å². The minimum atomic E-state index is -0.316. The molecule has 0 aliphatic rings. The van der Waals surface area contributed by atoms with Gasteiger partial charge in [-0.15, -0.1) is 10.2 Å². The van der Waals surface area contributed by atoms with Gasteiger partial charge in [0.15, 0.2) is 11.0 Å². The molecule has 3 aromatic carbocycles. The molecule has 1 N–H and O–H groups in total. The molecule has 0 atom stereocenters. The fourth-order valence-electron chi connectivity index (χ4n) is 3.82. The molecule has 0 aliphatic heterocycles. The number of benzene rings is 3. The highest BCUT2D eigenvalue weighted by Crippen LogP contribution is 2.31. The largest absolute Gasteiger partial charge is 0.497 e. The Hall–Kier alpha value is -4.50. The second-order valence-electron chi connectivity index (χ2n) is 8.37. The molecular formula is C29H24FN5O2S. The summed E-state index contributed by atoms with van der Waals surface area (Å²) in [7, 11) is 1.61. The minimum Gasteiger partial charge on any atom is -0.497 e. The van der Waals surface area contributed by atoms with E-state index < -0.39 is 0 Å². The Morgan fingerprint density at radius 3 is 2.45 bits per heavy atom. The number of amides is 1. The molecule has 1 amide bonds. The van der Waals surface area contributed by atoms with Gasteiger partial charge in [-0.2, -0.15) is 0 Å². The van der Waals surface area contributed by atoms with Crippen LogP contribution in [0.4, 0.5) is 4.39 Å². The highest BCUT2D eigenvalue weighted by molar-refractivity contribution is 7.98. The number of nitrogens with one attached hydrogen (secondary N) is 1. The first-order chi connectivity index (χ1) is 18.6. The van der Waals surface area contributed by atoms with Gasteiger partial charge in [0, 0.05) is 41.5 Å². The fourth-order valence-corrected chi connectivity index (χ4v) is 4.73. The lowest BCUT2D eigenvalue weighted by atomic mass is 10.1. The third-order valence-electron chi connectivity index (χ3n) is 5.83. The lowest BCUT2D eigenvalue weighted by molar-refractivity contribution is 0.0951. The van der Waals surface area contributed by atoms with Crippen molar-refractivity contribution in [3.05, 3.63) is 120 Å². The summed E-state index contributed by atoms with van der Waals surface area (Å²) in [5.41, 5.74) is 4.17. The van der Waals surface area contributed by atoms with Gasteiger partial charge in [-0.1, -0.05) is 36.0 Å². The molecule has 0 saturated heterocycles. The monoisotopic (exact) mass is 525 g/mol. The van der Waals surface area contributed by atoms with Crippen LogP contribution in [0, 0.1) is 5.82 Å². The van der Waals surface area contributed by atoms with E-state index in [1.807, 2.05) is 65.2 Å². The molecule has 2 heterocycles. The number of nitrogens with zero attached hydrogens (tertiary/aromatic N) is 4. The normalized spacial score (nSPS) is 10.8. The zero-order valence-corrected chi connectivity index (χ0v) is 21.4. The van der Waals surface area contributed by atoms with Crippen molar-refractivity contribution >= 4 is 17.7 Å². The SMILES string of the molecule is COc1cccc(-c2nnc(SCc3ccc(C(=O)NCc4ccncc4)cc3)n2-c2ccc(F)cc2)c1. The molecule has 0 radical (unpaired) electrons. The number of rotatable bonds is 9. The Bertz CT molecular complexity index is 1520. The number of pyridine rings is 1. The Kier molecular flexibility index (Phi) is 7.75. The molecule has 0 fully saturated rings. The van der Waals surface area contributed by atoms with Gasteiger partial charge in [-0.3, -0.25) is 14.3 Å². The van der Waals surface area contributed by atoms with Crippen molar-refractivity contribution in [1.29, 1.82) is 0 Å². The van der Waals surface area contributed by atoms with Crippen molar-refractivity contribution in [1.82, 2.24) is 25.1 Å². The first-order valence-electron chi connectivity index (χ1n) is 11.9. The number of carbonyl (C=O) groups excluding carboxylic acids is 1. The maximum Gasteiger partial charge on any atom is 0.251 e. The molecule has 9 heteroatoms. The zero-order valence-electron chi connectivity index (χ0n) is 20.5. The van der Waals surface area contributed by atoms with Crippen LogP contribution in [0.5, 0.6) is 5.75 Å². The third kappa shape index (κ3) is 5.90. The molecule has 190 valence electrons. The van der Waals surface area contributed by atoms with E-state index in [-0.39, 0.29) is 11.7 Å². The average Bonchev–Trinajstić information content (AvgIpc) is 3.40. The van der Waals surface area contributed by atoms with Crippen LogP contribution in [0.2, 0.25) is 0 Å². The number of thioether (sulfide) groups is 1. The van der Waals surface area contributed by atoms with E-state index in [1.165, 1.54) is 23.9 Å². The van der Waals surface area contributed by atoms with E-state index in [2.05, 4.69) is 20.5 Å². The Morgan fingerprint density at radius 1 is 0.947 bits per heavy atom. The number of carbonyl (C=O) groups is 1. The third-order valence-corrected chi connectivity index (χ3v) is 6.83. The van der Waals surface area contributed by atoms with Crippen LogP contribution >= 0.6 is 11.8 Å². The predicted molar refractivity (Wildman–Crippen MR) is 145 cm³/mol. The number of halogens is 1. The molecule has 7 nitrogen and oxygen atoms in total. The zero-order chi connectivity index (χ0) is 26.3. The van der Waals surface area contributed by atoms with Crippen LogP contribution in [0.1, 0.15) is 21.5 Å². The molecule has 0 aliphatic carbocycles. The average molecular weight is 526 g/mol. The Labute approximate surface area is 223 Å². The minimum absolute atomic E-state index is 0.139. The lowest BCUT2D eigenvalue weighted by Gasteiger charge is -2.11. The van der Waals surface area contributed by atoms with E-state index in [4.69, 9.17) is 4.74 Å². The van der Waals surface area contributed by atoms with Gasteiger partial charge in [-0.05, 0) is 71.8 Å². The summed E-state index contributed by atoms with van der Waals surface area (Å²) in [6.45, 7) is 0.438. The van der Waals surface area contributed by atoms with Gasteiger partial charge in [0.2, 0.25) is 0 Å². The van der Waals surface area contributed by atoms with Crippen molar-refractivity contribution in [2.24, 2.45) is 0 Å². The van der Waals surface area contributed by atoms with Gasteiger partial charge >= 0.3 is 0 Å². The summed E-state index contributed by atoms with van der Waals surface area (Å²) in [5, 5.41) is 12.5. The quantitative estimate of drug-likeness (QED) is 0.249. The highest BCUT2D eigenvalue weighted by atomic mass is 32.2. The van der Waals surface area contributed by atoms with Gasteiger partial charge in [0.25, 0.3) is 5.91 Å². The highest BCUT2D eigenvalue weighted by Gasteiger charge is 2.17. The van der Waals surface area contributed by atoms with Gasteiger partial charge in [0.1, 0.15) is 11.6 Å². The standard InChI is InChI=1S/C29H24FN5O2S/c1-37-26-4-2-3-23(17-26)27-33-34-29(35(27)25-11-9-24(30)10-12-25)38-19-21-5-7-22(8-6-21)28(36)32-18-20-13-15-31-16-14-20/h2-17H,18-19H2,1H3,(H,32,36). The lowest BCUT2D eigenvalue weighted by Crippen LogP contribution is -2.22. The Morgan fingerprint density at radius 2 is 1.71 bits per heavy atom. The van der Waals surface area contributed by atoms with Crippen molar-refractivity contribution < 1.29 is 13.9 Å². The van der Waals surface area contributed by atoms with E-state index in [9.17, 15) is 9.18 Å². The summed E-state index contributed by atoms with van der Waals surface area (Å²) >= 11 is 1.50. The van der Waals surface area contributed by atoms with Crippen LogP contribution in [-0.4, -0.2) is 32.8 Å². The van der Waals surface area contributed by atoms with Crippen LogP contribution in [0.25, 0.3) is 17.1 Å². The smallest absolute Gasteiger partial charge is 0.251 e. The molecule has 5 rings (SSSR count). The van der Waals surface area contributed by atoms with Gasteiger partial charge in [0.05, 0.1) is 7.11 Å². The van der Waals surface area contributed by atoms with Crippen LogP contribution in [0.15, 0.2) is 102 Å². The molecule has 2 aromatic heterocycles. The van der Waals surface area contributed by atoms with Crippen LogP contribution in [0.3, 0.4) is 0 Å². The van der Waals surface area contributed by atoms with Crippen LogP contribution in [-0.2, 0) is 12.3 Å². The topological polar surface area (TPSA) is 81.9 Å². The second kappa shape index (κ2) is 11.7.